The molecule has 0 radical (unpaired) electrons. The van der Waals surface area contributed by atoms with E-state index in [4.69, 9.17) is 47.4 Å². The zero-order chi connectivity index (χ0) is 60.4. The summed E-state index contributed by atoms with van der Waals surface area (Å²) in [7, 11) is 4.54. The lowest BCUT2D eigenvalue weighted by Crippen LogP contribution is -2.61. The maximum absolute atomic E-state index is 14.9. The zero-order valence-corrected chi connectivity index (χ0v) is 51.3. The quantitative estimate of drug-likeness (QED) is 0.0439. The lowest BCUT2D eigenvalue weighted by atomic mass is 9.78. The topological polar surface area (TPSA) is 242 Å². The molecule has 468 valence electrons. The molecule has 0 aromatic rings. The Balaban J connectivity index is 1.71. The number of methoxy groups -OCH3 is 3. The van der Waals surface area contributed by atoms with Gasteiger partial charge in [-0.3, -0.25) is 19.2 Å². The van der Waals surface area contributed by atoms with Crippen LogP contribution in [-0.2, 0) is 71.3 Å². The first-order valence-corrected chi connectivity index (χ1v) is 30.3. The molecule has 3 fully saturated rings. The molecule has 0 unspecified atom stereocenters. The predicted molar refractivity (Wildman–Crippen MR) is 308 cm³/mol. The first-order chi connectivity index (χ1) is 39.2. The Morgan fingerprint density at radius 2 is 1.45 bits per heavy atom. The number of allylic oxidation sites excluding steroid dienone is 5. The van der Waals surface area contributed by atoms with Crippen LogP contribution in [0, 0.1) is 35.5 Å². The van der Waals surface area contributed by atoms with E-state index >= 15 is 0 Å². The Labute approximate surface area is 489 Å². The summed E-state index contributed by atoms with van der Waals surface area (Å²) in [5.41, 5.74) is 1.28. The van der Waals surface area contributed by atoms with Crippen molar-refractivity contribution in [3.05, 3.63) is 47.6 Å². The van der Waals surface area contributed by atoms with Crippen LogP contribution >= 0.6 is 0 Å². The maximum Gasteiger partial charge on any atom is 0.329 e. The summed E-state index contributed by atoms with van der Waals surface area (Å²) < 4.78 is 58.5. The van der Waals surface area contributed by atoms with Crippen LogP contribution in [0.3, 0.4) is 0 Å². The van der Waals surface area contributed by atoms with Crippen molar-refractivity contribution >= 4 is 29.4 Å². The highest BCUT2D eigenvalue weighted by molar-refractivity contribution is 6.39. The number of esters is 2. The number of rotatable bonds is 21. The zero-order valence-electron chi connectivity index (χ0n) is 51.3. The minimum Gasteiger partial charge on any atom is -0.462 e. The summed E-state index contributed by atoms with van der Waals surface area (Å²) in [6.45, 7) is 18.3. The number of nitrogens with zero attached hydrogens (tertiary/aromatic N) is 1. The number of carbonyl (C=O) groups excluding carboxylic acids is 5. The molecule has 2 saturated heterocycles. The number of hydrogen-bond acceptors (Lipinski definition) is 18. The minimum absolute atomic E-state index is 0.0000150. The second-order valence-corrected chi connectivity index (χ2v) is 23.4. The van der Waals surface area contributed by atoms with Gasteiger partial charge < -0.3 is 67.6 Å². The Morgan fingerprint density at radius 3 is 2.11 bits per heavy atom. The number of ether oxygens (including phenoxy) is 10. The average molecular weight is 1160 g/mol. The van der Waals surface area contributed by atoms with Crippen molar-refractivity contribution in [2.24, 2.45) is 35.5 Å². The Morgan fingerprint density at radius 1 is 0.768 bits per heavy atom. The van der Waals surface area contributed by atoms with E-state index in [1.54, 1.807) is 34.1 Å². The van der Waals surface area contributed by atoms with Crippen LogP contribution in [0.25, 0.3) is 0 Å². The highest BCUT2D eigenvalue weighted by atomic mass is 16.6. The van der Waals surface area contributed by atoms with Gasteiger partial charge in [0, 0.05) is 78.1 Å². The van der Waals surface area contributed by atoms with Crippen molar-refractivity contribution < 1.29 is 86.7 Å². The second kappa shape index (κ2) is 37.0. The standard InChI is InChI=1S/C63H103NO18/c1-12-76-29-30-78-33-34-79-32-31-77-28-18-22-56(66)80-53-40-54(44(5)37-48-24-26-51(65)55(38-48)74-10)81-62(71)50-21-16-17-27-64(50)61(70)60(69)63(72)47(8)23-25-49(82-63)39-52(73-9)42(3)20-15-13-14-19-41(2)35-45(6)57(67)59(75-11)58(68)46(7)36-43(53)4/h13-15,19-20,36,41,43-45,47-55,58-59,65,68,72H,12,16-18,21-35,37-40H2,1-11H3/b15-13+,19-14+,42-20+,46-36+/t41-,43-,44-,45-,47-,48+,49+,50+,51-,52+,53-,54+,55-,58-,59+,63-/m1/s1. The fraction of sp³-hybridized carbons (Fsp3) is 0.794. The lowest BCUT2D eigenvalue weighted by molar-refractivity contribution is -0.265. The number of Topliss-reactive ketones (excluding diaryl/α,β-unsaturated/α-hetero) is 2. The molecule has 3 heterocycles. The lowest BCUT2D eigenvalue weighted by Gasteiger charge is -2.43. The fourth-order valence-electron chi connectivity index (χ4n) is 11.8. The average Bonchev–Trinajstić information content (AvgIpc) is 3.45. The van der Waals surface area contributed by atoms with E-state index in [0.717, 1.165) is 5.57 Å². The van der Waals surface area contributed by atoms with Gasteiger partial charge in [-0.2, -0.15) is 0 Å². The van der Waals surface area contributed by atoms with Crippen molar-refractivity contribution in [1.29, 1.82) is 0 Å². The van der Waals surface area contributed by atoms with Crippen LogP contribution in [0.1, 0.15) is 145 Å². The molecule has 1 aliphatic carbocycles. The van der Waals surface area contributed by atoms with E-state index in [0.29, 0.717) is 122 Å². The predicted octanol–water partition coefficient (Wildman–Crippen LogP) is 7.39. The molecular weight excluding hydrogens is 1060 g/mol. The molecule has 3 aliphatic heterocycles. The summed E-state index contributed by atoms with van der Waals surface area (Å²) in [5, 5.41) is 34.7. The highest BCUT2D eigenvalue weighted by Crippen LogP contribution is 2.38. The van der Waals surface area contributed by atoms with Gasteiger partial charge in [-0.1, -0.05) is 71.1 Å². The SMILES string of the molecule is CCOCCOCCOCCOCCCC(=O)O[C@@H]1C[C@@H]([C@H](C)C[C@@H]2CC[C@@H](O)[C@H](OC)C2)OC(=O)[C@@H]2CCCCN2C(=O)C(=O)[C@]2(O)O[C@@H](CC[C@H]2C)C[C@H](OC)/C(C)=C/C=C/C=C/[C@@H](C)C[C@@H](C)C(=O)[C@H](OC)[C@H](O)/C(C)=C/[C@H]1C. The number of aliphatic hydroxyl groups is 3. The third kappa shape index (κ3) is 22.3. The van der Waals surface area contributed by atoms with Gasteiger partial charge in [0.25, 0.3) is 11.7 Å². The van der Waals surface area contributed by atoms with Gasteiger partial charge >= 0.3 is 11.9 Å². The van der Waals surface area contributed by atoms with Crippen molar-refractivity contribution in [2.45, 2.75) is 206 Å². The number of cyclic esters (lactones) is 1. The van der Waals surface area contributed by atoms with Gasteiger partial charge in [0.15, 0.2) is 5.78 Å². The van der Waals surface area contributed by atoms with E-state index in [2.05, 4.69) is 0 Å². The van der Waals surface area contributed by atoms with E-state index in [-0.39, 0.29) is 62.1 Å². The molecule has 82 heavy (non-hydrogen) atoms. The number of aliphatic hydroxyl groups excluding tert-OH is 2. The number of fused-ring (bicyclic) bond motifs is 3. The van der Waals surface area contributed by atoms with E-state index in [1.807, 2.05) is 71.9 Å². The van der Waals surface area contributed by atoms with Gasteiger partial charge in [0.2, 0.25) is 5.79 Å². The van der Waals surface area contributed by atoms with Crippen LogP contribution in [-0.4, -0.2) is 191 Å². The van der Waals surface area contributed by atoms with Crippen molar-refractivity contribution in [3.63, 3.8) is 0 Å². The van der Waals surface area contributed by atoms with E-state index in [9.17, 15) is 39.3 Å². The Kier molecular flexibility index (Phi) is 31.9. The summed E-state index contributed by atoms with van der Waals surface area (Å²) in [6.07, 6.45) is 10.5. The maximum atomic E-state index is 14.9. The molecule has 0 aromatic heterocycles. The normalized spacial score (nSPS) is 35.3. The molecule has 4 aliphatic rings. The van der Waals surface area contributed by atoms with Crippen LogP contribution in [0.4, 0.5) is 0 Å². The number of ketones is 2. The minimum atomic E-state index is -2.46. The molecule has 0 spiro atoms. The first kappa shape index (κ1) is 70.8. The molecule has 0 aromatic carbocycles. The molecule has 3 N–H and O–H groups in total. The Hall–Kier alpha value is -3.73. The van der Waals surface area contributed by atoms with E-state index in [1.165, 1.54) is 12.0 Å². The summed E-state index contributed by atoms with van der Waals surface area (Å²) in [6, 6.07) is -1.18. The molecule has 4 rings (SSSR count). The molecule has 19 nitrogen and oxygen atoms in total. The largest absolute Gasteiger partial charge is 0.462 e. The van der Waals surface area contributed by atoms with E-state index < -0.39 is 95.9 Å². The van der Waals surface area contributed by atoms with Crippen LogP contribution < -0.4 is 0 Å². The number of piperidine rings is 1. The van der Waals surface area contributed by atoms with Gasteiger partial charge in [-0.15, -0.1) is 0 Å². The Bertz CT molecular complexity index is 2080. The summed E-state index contributed by atoms with van der Waals surface area (Å²) in [5.74, 6) is -8.33. The number of hydrogen-bond donors (Lipinski definition) is 3. The van der Waals surface area contributed by atoms with Crippen molar-refractivity contribution in [1.82, 2.24) is 4.90 Å². The summed E-state index contributed by atoms with van der Waals surface area (Å²) in [4.78, 5) is 73.2. The van der Waals surface area contributed by atoms with Crippen molar-refractivity contribution in [2.75, 3.05) is 80.7 Å². The second-order valence-electron chi connectivity index (χ2n) is 23.4. The molecule has 1 saturated carbocycles. The monoisotopic (exact) mass is 1160 g/mol. The third-order valence-corrected chi connectivity index (χ3v) is 16.9. The van der Waals surface area contributed by atoms with Gasteiger partial charge in [-0.25, -0.2) is 4.79 Å². The van der Waals surface area contributed by atoms with Crippen LogP contribution in [0.2, 0.25) is 0 Å². The highest BCUT2D eigenvalue weighted by Gasteiger charge is 2.53. The fourth-order valence-corrected chi connectivity index (χ4v) is 11.8. The molecule has 2 bridgehead atoms. The molecule has 1 amide bonds. The van der Waals surface area contributed by atoms with Gasteiger partial charge in [0.05, 0.1) is 64.1 Å². The molecular formula is C63H103NO18. The van der Waals surface area contributed by atoms with Gasteiger partial charge in [0.1, 0.15) is 30.5 Å². The molecule has 16 atom stereocenters. The van der Waals surface area contributed by atoms with Gasteiger partial charge in [-0.05, 0) is 120 Å². The smallest absolute Gasteiger partial charge is 0.329 e. The number of amides is 1. The summed E-state index contributed by atoms with van der Waals surface area (Å²) >= 11 is 0. The molecule has 19 heteroatoms. The van der Waals surface area contributed by atoms with Crippen LogP contribution in [0.5, 0.6) is 0 Å². The first-order valence-electron chi connectivity index (χ1n) is 30.3. The number of carbonyl (C=O) groups is 5. The third-order valence-electron chi connectivity index (χ3n) is 16.9. The van der Waals surface area contributed by atoms with Crippen LogP contribution in [0.15, 0.2) is 47.6 Å². The van der Waals surface area contributed by atoms with Crippen molar-refractivity contribution in [3.8, 4) is 0 Å².